The molecule has 1 amide bonds. The maximum absolute atomic E-state index is 11.2. The van der Waals surface area contributed by atoms with Crippen LogP contribution in [0.1, 0.15) is 60.3 Å². The number of carbonyl (C=O) groups excluding carboxylic acids is 1. The van der Waals surface area contributed by atoms with Crippen molar-refractivity contribution in [3.05, 3.63) is 0 Å². The van der Waals surface area contributed by atoms with Crippen molar-refractivity contribution in [2.75, 3.05) is 140 Å². The summed E-state index contributed by atoms with van der Waals surface area (Å²) in [5.41, 5.74) is 0. The topological polar surface area (TPSA) is 99.7 Å². The molecule has 52 heavy (non-hydrogen) atoms. The first kappa shape index (κ1) is 45.4. The number of hydrogen-bond acceptors (Lipinski definition) is 12. The number of likely N-dealkylation sites (N-methyl/N-ethyl adjacent to an activating group) is 2. The molecule has 8 fully saturated rings. The Morgan fingerprint density at radius 1 is 0.558 bits per heavy atom. The Hall–Kier alpha value is -0.970. The van der Waals surface area contributed by atoms with E-state index in [0.29, 0.717) is 42.5 Å². The van der Waals surface area contributed by atoms with Gasteiger partial charge >= 0.3 is 0 Å². The Kier molecular flexibility index (Phi) is 20.8. The van der Waals surface area contributed by atoms with Crippen LogP contribution in [0.3, 0.4) is 0 Å². The van der Waals surface area contributed by atoms with Crippen LogP contribution in [-0.2, 0) is 19.0 Å². The summed E-state index contributed by atoms with van der Waals surface area (Å²) >= 11 is 0. The molecule has 0 radical (unpaired) electrons. The summed E-state index contributed by atoms with van der Waals surface area (Å²) in [5, 5.41) is 13.0. The molecule has 2 N–H and O–H groups in total. The van der Waals surface area contributed by atoms with Crippen LogP contribution in [0.25, 0.3) is 0 Å². The Morgan fingerprint density at radius 3 is 1.50 bits per heavy atom. The molecule has 0 saturated carbocycles. The fraction of sp³-hybridized carbons (Fsp3) is 0.974. The van der Waals surface area contributed by atoms with Gasteiger partial charge in [-0.3, -0.25) is 24.4 Å². The smallest absolute Gasteiger partial charge is 0.219 e. The molecule has 0 aromatic heterocycles. The van der Waals surface area contributed by atoms with Gasteiger partial charge in [-0.15, -0.1) is 0 Å². The number of methoxy groups -OCH3 is 3. The lowest BCUT2D eigenvalue weighted by Gasteiger charge is -2.38. The number of ether oxygens (including phenoxy) is 3. The summed E-state index contributed by atoms with van der Waals surface area (Å²) in [6, 6.07) is 2.16. The average molecular weight is 741 g/mol. The molecule has 8 rings (SSSR count). The fourth-order valence-electron chi connectivity index (χ4n) is 9.20. The van der Waals surface area contributed by atoms with Crippen LogP contribution in [0.5, 0.6) is 0 Å². The van der Waals surface area contributed by atoms with Gasteiger partial charge in [-0.05, 0) is 39.8 Å². The summed E-state index contributed by atoms with van der Waals surface area (Å²) in [7, 11) is 9.75. The zero-order chi connectivity index (χ0) is 38.2. The molecule has 8 heterocycles. The summed E-state index contributed by atoms with van der Waals surface area (Å²) in [6.07, 6.45) is 5.70. The van der Waals surface area contributed by atoms with Crippen molar-refractivity contribution in [3.63, 3.8) is 0 Å². The minimum Gasteiger partial charge on any atom is -0.391 e. The number of fused-ring (bicyclic) bond motifs is 4. The first-order chi connectivity index (χ1) is 25.2. The lowest BCUT2D eigenvalue weighted by Crippen LogP contribution is -2.54. The molecule has 8 aliphatic heterocycles. The molecule has 0 aromatic carbocycles. The first-order valence-electron chi connectivity index (χ1n) is 20.8. The van der Waals surface area contributed by atoms with Gasteiger partial charge in [0.25, 0.3) is 0 Å². The number of nitrogens with zero attached hydrogens (tertiary/aromatic N) is 7. The van der Waals surface area contributed by atoms with E-state index in [-0.39, 0.29) is 12.0 Å². The Labute approximate surface area is 318 Å². The van der Waals surface area contributed by atoms with Crippen molar-refractivity contribution in [1.82, 2.24) is 39.6 Å². The van der Waals surface area contributed by atoms with E-state index in [1.54, 1.807) is 14.0 Å². The van der Waals surface area contributed by atoms with E-state index in [2.05, 4.69) is 48.8 Å². The lowest BCUT2D eigenvalue weighted by atomic mass is 10.1. The number of amides is 1. The maximum Gasteiger partial charge on any atom is 0.219 e. The minimum atomic E-state index is -0.0715. The van der Waals surface area contributed by atoms with Crippen molar-refractivity contribution in [1.29, 1.82) is 0 Å². The fourth-order valence-corrected chi connectivity index (χ4v) is 9.20. The standard InChI is InChI=1S/C10H18N2O2.C9H18N2O.2C8H16N2O.2C2H6/c1-8(13)12-6-5-11-4-3-10(14-2)9(11)7-12;1-10-5-6-11-4-3-9(12-2)8(11)7-10;1-11-8-2-4-10-5-3-9-6-7(8)10;1-9-4-5-10-3-2-8(11)7(10)6-9;2*1-2/h9-10H,3-7H2,1-2H3;8-9H,3-7H2,1-2H3;7-9H,2-6H2,1H3;7-8,11H,2-6H2,1H3;2*1-2H3. The van der Waals surface area contributed by atoms with E-state index >= 15 is 0 Å². The van der Waals surface area contributed by atoms with Gasteiger partial charge in [-0.2, -0.15) is 0 Å². The number of piperazine rings is 4. The van der Waals surface area contributed by atoms with Crippen LogP contribution in [0, 0.1) is 0 Å². The zero-order valence-corrected chi connectivity index (χ0v) is 35.0. The summed E-state index contributed by atoms with van der Waals surface area (Å²) in [4.78, 5) is 27.8. The van der Waals surface area contributed by atoms with Crippen LogP contribution in [0.4, 0.5) is 0 Å². The second-order valence-corrected chi connectivity index (χ2v) is 15.2. The van der Waals surface area contributed by atoms with Gasteiger partial charge in [-0.25, -0.2) is 0 Å². The predicted octanol–water partition coefficient (Wildman–Crippen LogP) is 1.06. The molecule has 0 bridgehead atoms. The van der Waals surface area contributed by atoms with Crippen molar-refractivity contribution in [3.8, 4) is 0 Å². The second kappa shape index (κ2) is 23.8. The van der Waals surface area contributed by atoms with E-state index in [0.717, 1.165) is 78.3 Å². The third-order valence-electron chi connectivity index (χ3n) is 12.3. The lowest BCUT2D eigenvalue weighted by molar-refractivity contribution is -0.132. The molecule has 8 atom stereocenters. The number of rotatable bonds is 3. The molecule has 0 aromatic rings. The first-order valence-corrected chi connectivity index (χ1v) is 20.8. The average Bonchev–Trinajstić information content (AvgIpc) is 3.98. The third kappa shape index (κ3) is 12.5. The molecule has 8 saturated heterocycles. The normalized spacial score (nSPS) is 34.9. The molecule has 13 heteroatoms. The van der Waals surface area contributed by atoms with Gasteiger partial charge in [-0.1, -0.05) is 27.7 Å². The van der Waals surface area contributed by atoms with Crippen LogP contribution >= 0.6 is 0 Å². The van der Waals surface area contributed by atoms with Crippen LogP contribution < -0.4 is 5.32 Å². The SMILES string of the molecule is CC.CC.CN1CCN2CCC(O)C2C1.COC1CCN2CCN(C(C)=O)CC12.COC1CCN2CCN(C)CC12.COC1CCN2CCNCC12. The maximum atomic E-state index is 11.2. The van der Waals surface area contributed by atoms with Gasteiger partial charge < -0.3 is 39.3 Å². The highest BCUT2D eigenvalue weighted by Gasteiger charge is 2.40. The van der Waals surface area contributed by atoms with E-state index in [1.807, 2.05) is 46.8 Å². The van der Waals surface area contributed by atoms with Gasteiger partial charge in [0.2, 0.25) is 5.91 Å². The van der Waals surface area contributed by atoms with E-state index in [9.17, 15) is 9.90 Å². The number of nitrogens with one attached hydrogen (secondary N) is 1. The van der Waals surface area contributed by atoms with Crippen LogP contribution in [-0.4, -0.2) is 234 Å². The molecule has 8 unspecified atom stereocenters. The van der Waals surface area contributed by atoms with E-state index in [4.69, 9.17) is 14.2 Å². The van der Waals surface area contributed by atoms with Gasteiger partial charge in [0.15, 0.2) is 0 Å². The molecular formula is C39H80N8O5. The van der Waals surface area contributed by atoms with Crippen molar-refractivity contribution in [2.24, 2.45) is 0 Å². The third-order valence-corrected chi connectivity index (χ3v) is 12.3. The Morgan fingerprint density at radius 2 is 0.981 bits per heavy atom. The van der Waals surface area contributed by atoms with E-state index in [1.165, 1.54) is 52.1 Å². The highest BCUT2D eigenvalue weighted by molar-refractivity contribution is 5.73. The molecule has 0 aliphatic carbocycles. The highest BCUT2D eigenvalue weighted by Crippen LogP contribution is 2.25. The minimum absolute atomic E-state index is 0.0715. The summed E-state index contributed by atoms with van der Waals surface area (Å²) < 4.78 is 16.3. The molecule has 0 spiro atoms. The largest absolute Gasteiger partial charge is 0.391 e. The van der Waals surface area contributed by atoms with Crippen LogP contribution in [0.2, 0.25) is 0 Å². The predicted molar refractivity (Wildman–Crippen MR) is 211 cm³/mol. The Balaban J connectivity index is 0.000000182. The van der Waals surface area contributed by atoms with Gasteiger partial charge in [0.1, 0.15) is 0 Å². The second-order valence-electron chi connectivity index (χ2n) is 15.2. The molecule has 8 aliphatic rings. The quantitative estimate of drug-likeness (QED) is 0.433. The molecule has 306 valence electrons. The van der Waals surface area contributed by atoms with Gasteiger partial charge in [0, 0.05) is 151 Å². The Bertz CT molecular complexity index is 965. The van der Waals surface area contributed by atoms with Crippen molar-refractivity contribution in [2.45, 2.75) is 109 Å². The number of aliphatic hydroxyl groups excluding tert-OH is 1. The van der Waals surface area contributed by atoms with E-state index < -0.39 is 0 Å². The number of hydrogen-bond donors (Lipinski definition) is 2. The number of carbonyl (C=O) groups is 1. The summed E-state index contributed by atoms with van der Waals surface area (Å²) in [6.45, 7) is 27.5. The molecule has 13 nitrogen and oxygen atoms in total. The van der Waals surface area contributed by atoms with Gasteiger partial charge in [0.05, 0.1) is 30.5 Å². The summed E-state index contributed by atoms with van der Waals surface area (Å²) in [5.74, 6) is 0.186. The monoisotopic (exact) mass is 741 g/mol. The van der Waals surface area contributed by atoms with Crippen molar-refractivity contribution < 1.29 is 24.1 Å². The molecular weight excluding hydrogens is 660 g/mol. The number of aliphatic hydroxyl groups is 1. The van der Waals surface area contributed by atoms with Crippen molar-refractivity contribution >= 4 is 5.91 Å². The highest BCUT2D eigenvalue weighted by atomic mass is 16.5. The van der Waals surface area contributed by atoms with Crippen LogP contribution in [0.15, 0.2) is 0 Å². The zero-order valence-electron chi connectivity index (χ0n) is 35.0.